The van der Waals surface area contributed by atoms with Gasteiger partial charge in [0.15, 0.2) is 0 Å². The molecule has 2 aromatic carbocycles. The number of nitriles is 1. The average Bonchev–Trinajstić information content (AvgIpc) is 2.39. The third kappa shape index (κ3) is 3.08. The van der Waals surface area contributed by atoms with E-state index in [0.717, 1.165) is 10.2 Å². The van der Waals surface area contributed by atoms with Gasteiger partial charge in [0.2, 0.25) is 0 Å². The standard InChI is InChI=1S/C14H10BrFN2/c15-12-3-5-13(6-4-12)18-9-11-2-1-10(8-17)7-14(11)16/h1-7,18H,9H2. The van der Waals surface area contributed by atoms with Crippen LogP contribution >= 0.6 is 15.9 Å². The molecular weight excluding hydrogens is 295 g/mol. The summed E-state index contributed by atoms with van der Waals surface area (Å²) < 4.78 is 14.6. The van der Waals surface area contributed by atoms with Gasteiger partial charge in [-0.2, -0.15) is 5.26 Å². The fourth-order valence-electron chi connectivity index (χ4n) is 1.53. The zero-order valence-electron chi connectivity index (χ0n) is 9.45. The van der Waals surface area contributed by atoms with Crippen molar-refractivity contribution >= 4 is 21.6 Å². The van der Waals surface area contributed by atoms with Crippen molar-refractivity contribution in [3.8, 4) is 6.07 Å². The van der Waals surface area contributed by atoms with E-state index in [4.69, 9.17) is 5.26 Å². The van der Waals surface area contributed by atoms with Crippen LogP contribution in [-0.4, -0.2) is 0 Å². The van der Waals surface area contributed by atoms with E-state index in [9.17, 15) is 4.39 Å². The Morgan fingerprint density at radius 3 is 2.50 bits per heavy atom. The number of hydrogen-bond donors (Lipinski definition) is 1. The molecule has 0 heterocycles. The third-order valence-electron chi connectivity index (χ3n) is 2.51. The fourth-order valence-corrected chi connectivity index (χ4v) is 1.79. The highest BCUT2D eigenvalue weighted by molar-refractivity contribution is 9.10. The molecule has 0 aliphatic carbocycles. The maximum absolute atomic E-state index is 13.6. The zero-order valence-corrected chi connectivity index (χ0v) is 11.0. The summed E-state index contributed by atoms with van der Waals surface area (Å²) in [7, 11) is 0. The summed E-state index contributed by atoms with van der Waals surface area (Å²) in [6.07, 6.45) is 0. The van der Waals surface area contributed by atoms with E-state index < -0.39 is 0 Å². The summed E-state index contributed by atoms with van der Waals surface area (Å²) >= 11 is 3.35. The summed E-state index contributed by atoms with van der Waals surface area (Å²) in [5, 5.41) is 11.8. The van der Waals surface area contributed by atoms with E-state index in [1.165, 1.54) is 6.07 Å². The molecule has 0 radical (unpaired) electrons. The summed E-state index contributed by atoms with van der Waals surface area (Å²) in [5.41, 5.74) is 1.79. The van der Waals surface area contributed by atoms with Crippen LogP contribution in [0.1, 0.15) is 11.1 Å². The number of benzene rings is 2. The lowest BCUT2D eigenvalue weighted by Crippen LogP contribution is -2.01. The molecule has 0 bridgehead atoms. The Labute approximate surface area is 113 Å². The Morgan fingerprint density at radius 1 is 1.17 bits per heavy atom. The van der Waals surface area contributed by atoms with E-state index >= 15 is 0 Å². The molecule has 1 N–H and O–H groups in total. The highest BCUT2D eigenvalue weighted by atomic mass is 79.9. The first-order valence-electron chi connectivity index (χ1n) is 5.37. The lowest BCUT2D eigenvalue weighted by Gasteiger charge is -2.07. The van der Waals surface area contributed by atoms with E-state index in [2.05, 4.69) is 21.2 Å². The van der Waals surface area contributed by atoms with Crippen molar-refractivity contribution in [3.63, 3.8) is 0 Å². The van der Waals surface area contributed by atoms with Gasteiger partial charge in [-0.05, 0) is 36.4 Å². The minimum absolute atomic E-state index is 0.333. The van der Waals surface area contributed by atoms with Crippen molar-refractivity contribution in [1.29, 1.82) is 5.26 Å². The highest BCUT2D eigenvalue weighted by Gasteiger charge is 2.03. The molecule has 0 spiro atoms. The maximum Gasteiger partial charge on any atom is 0.129 e. The van der Waals surface area contributed by atoms with Crippen molar-refractivity contribution in [2.75, 3.05) is 5.32 Å². The SMILES string of the molecule is N#Cc1ccc(CNc2ccc(Br)cc2)c(F)c1. The monoisotopic (exact) mass is 304 g/mol. The van der Waals surface area contributed by atoms with Crippen LogP contribution < -0.4 is 5.32 Å². The molecule has 0 aliphatic rings. The van der Waals surface area contributed by atoms with Crippen molar-refractivity contribution in [1.82, 2.24) is 0 Å². The Bertz CT molecular complexity index is 588. The second kappa shape index (κ2) is 5.65. The molecule has 0 fully saturated rings. The number of nitrogens with zero attached hydrogens (tertiary/aromatic N) is 1. The van der Waals surface area contributed by atoms with Crippen LogP contribution in [0.4, 0.5) is 10.1 Å². The smallest absolute Gasteiger partial charge is 0.129 e. The molecule has 18 heavy (non-hydrogen) atoms. The molecule has 2 rings (SSSR count). The van der Waals surface area contributed by atoms with Gasteiger partial charge in [-0.25, -0.2) is 4.39 Å². The summed E-state index contributed by atoms with van der Waals surface area (Å²) in [5.74, 6) is -0.362. The first kappa shape index (κ1) is 12.6. The van der Waals surface area contributed by atoms with Gasteiger partial charge in [0.05, 0.1) is 11.6 Å². The van der Waals surface area contributed by atoms with E-state index in [1.807, 2.05) is 30.3 Å². The van der Waals surface area contributed by atoms with Gasteiger partial charge in [-0.1, -0.05) is 22.0 Å². The second-order valence-corrected chi connectivity index (χ2v) is 4.69. The Hall–Kier alpha value is -1.86. The summed E-state index contributed by atoms with van der Waals surface area (Å²) in [6, 6.07) is 14.0. The molecule has 0 atom stereocenters. The predicted molar refractivity (Wildman–Crippen MR) is 72.6 cm³/mol. The van der Waals surface area contributed by atoms with E-state index in [-0.39, 0.29) is 5.82 Å². The highest BCUT2D eigenvalue weighted by Crippen LogP contribution is 2.16. The number of halogens is 2. The molecule has 90 valence electrons. The lowest BCUT2D eigenvalue weighted by atomic mass is 10.1. The van der Waals surface area contributed by atoms with Gasteiger partial charge in [0, 0.05) is 22.3 Å². The van der Waals surface area contributed by atoms with Crippen molar-refractivity contribution in [2.24, 2.45) is 0 Å². The fraction of sp³-hybridized carbons (Fsp3) is 0.0714. The normalized spacial score (nSPS) is 9.83. The third-order valence-corrected chi connectivity index (χ3v) is 3.04. The first-order chi connectivity index (χ1) is 8.69. The van der Waals surface area contributed by atoms with Gasteiger partial charge in [-0.3, -0.25) is 0 Å². The van der Waals surface area contributed by atoms with Crippen LogP contribution in [0, 0.1) is 17.1 Å². The summed E-state index contributed by atoms with van der Waals surface area (Å²) in [6.45, 7) is 0.388. The average molecular weight is 305 g/mol. The van der Waals surface area contributed by atoms with Crippen molar-refractivity contribution in [2.45, 2.75) is 6.54 Å². The number of hydrogen-bond acceptors (Lipinski definition) is 2. The molecule has 0 saturated carbocycles. The van der Waals surface area contributed by atoms with Crippen LogP contribution in [0.25, 0.3) is 0 Å². The quantitative estimate of drug-likeness (QED) is 0.927. The minimum Gasteiger partial charge on any atom is -0.381 e. The van der Waals surface area contributed by atoms with Crippen LogP contribution in [0.5, 0.6) is 0 Å². The van der Waals surface area contributed by atoms with Gasteiger partial charge >= 0.3 is 0 Å². The van der Waals surface area contributed by atoms with Crippen LogP contribution in [0.3, 0.4) is 0 Å². The predicted octanol–water partition coefficient (Wildman–Crippen LogP) is 4.07. The van der Waals surface area contributed by atoms with E-state index in [1.54, 1.807) is 12.1 Å². The Kier molecular flexibility index (Phi) is 3.96. The van der Waals surface area contributed by atoms with Crippen molar-refractivity contribution < 1.29 is 4.39 Å². The molecule has 0 saturated heterocycles. The molecular formula is C14H10BrFN2. The minimum atomic E-state index is -0.362. The topological polar surface area (TPSA) is 35.8 Å². The summed E-state index contributed by atoms with van der Waals surface area (Å²) in [4.78, 5) is 0. The van der Waals surface area contributed by atoms with Gasteiger partial charge in [-0.15, -0.1) is 0 Å². The number of anilines is 1. The molecule has 2 aromatic rings. The van der Waals surface area contributed by atoms with Gasteiger partial charge < -0.3 is 5.32 Å². The number of rotatable bonds is 3. The molecule has 2 nitrogen and oxygen atoms in total. The lowest BCUT2D eigenvalue weighted by molar-refractivity contribution is 0.612. The van der Waals surface area contributed by atoms with E-state index in [0.29, 0.717) is 17.7 Å². The van der Waals surface area contributed by atoms with Gasteiger partial charge in [0.1, 0.15) is 5.82 Å². The Morgan fingerprint density at radius 2 is 1.89 bits per heavy atom. The molecule has 4 heteroatoms. The van der Waals surface area contributed by atoms with Crippen LogP contribution in [0.15, 0.2) is 46.9 Å². The second-order valence-electron chi connectivity index (χ2n) is 3.78. The van der Waals surface area contributed by atoms with Gasteiger partial charge in [0.25, 0.3) is 0 Å². The van der Waals surface area contributed by atoms with Crippen LogP contribution in [0.2, 0.25) is 0 Å². The molecule has 0 aliphatic heterocycles. The maximum atomic E-state index is 13.6. The Balaban J connectivity index is 2.06. The molecule has 0 amide bonds. The zero-order chi connectivity index (χ0) is 13.0. The van der Waals surface area contributed by atoms with Crippen molar-refractivity contribution in [3.05, 3.63) is 63.9 Å². The molecule has 0 unspecified atom stereocenters. The largest absolute Gasteiger partial charge is 0.381 e. The molecule has 0 aromatic heterocycles. The first-order valence-corrected chi connectivity index (χ1v) is 6.16. The van der Waals surface area contributed by atoms with Crippen LogP contribution in [-0.2, 0) is 6.54 Å². The number of nitrogens with one attached hydrogen (secondary N) is 1.